The van der Waals surface area contributed by atoms with Crippen molar-refractivity contribution in [1.82, 2.24) is 0 Å². The highest BCUT2D eigenvalue weighted by Gasteiger charge is 2.20. The Kier molecular flexibility index (Phi) is 21.1. The summed E-state index contributed by atoms with van der Waals surface area (Å²) in [6.45, 7) is 1.20. The van der Waals surface area contributed by atoms with Gasteiger partial charge in [-0.1, -0.05) is 110 Å². The molecule has 1 atom stereocenters. The van der Waals surface area contributed by atoms with Crippen LogP contribution in [0, 0.1) is 0 Å². The number of carbonyl (C=O) groups excluding carboxylic acids is 1. The van der Waals surface area contributed by atoms with Gasteiger partial charge in [-0.05, 0) is 6.42 Å². The number of ether oxygens (including phenoxy) is 1. The molecule has 0 aliphatic rings. The molecule has 7 nitrogen and oxygen atoms in total. The second-order valence-corrected chi connectivity index (χ2v) is 9.73. The lowest BCUT2D eigenvalue weighted by Crippen LogP contribution is -2.26. The third kappa shape index (κ3) is 24.0. The van der Waals surface area contributed by atoms with E-state index in [9.17, 15) is 9.36 Å². The van der Waals surface area contributed by atoms with Crippen LogP contribution in [0.5, 0.6) is 0 Å². The fourth-order valence-corrected chi connectivity index (χ4v) is 3.90. The lowest BCUT2D eigenvalue weighted by Gasteiger charge is -2.15. The van der Waals surface area contributed by atoms with Crippen LogP contribution >= 0.6 is 7.82 Å². The number of esters is 1. The van der Waals surface area contributed by atoms with E-state index in [0.717, 1.165) is 19.3 Å². The molecule has 0 aromatic rings. The summed E-state index contributed by atoms with van der Waals surface area (Å²) in [5.74, 6) is -0.477. The van der Waals surface area contributed by atoms with Crippen molar-refractivity contribution < 1.29 is 33.5 Å². The summed E-state index contributed by atoms with van der Waals surface area (Å²) < 4.78 is 19.9. The van der Waals surface area contributed by atoms with Crippen molar-refractivity contribution in [2.75, 3.05) is 13.2 Å². The number of aliphatic hydroxyl groups is 1. The Bertz CT molecular complexity index is 453. The highest BCUT2D eigenvalue weighted by molar-refractivity contribution is 7.46. The normalized spacial score (nSPS) is 12.8. The van der Waals surface area contributed by atoms with E-state index in [2.05, 4.69) is 11.4 Å². The number of phosphoric ester groups is 1. The van der Waals surface area contributed by atoms with E-state index < -0.39 is 33.1 Å². The van der Waals surface area contributed by atoms with Gasteiger partial charge in [-0.15, -0.1) is 0 Å². The second kappa shape index (κ2) is 21.4. The van der Waals surface area contributed by atoms with Gasteiger partial charge in [0.25, 0.3) is 0 Å². The number of rotatable bonds is 23. The number of hydrogen-bond acceptors (Lipinski definition) is 5. The predicted octanol–water partition coefficient (Wildman–Crippen LogP) is 6.04. The van der Waals surface area contributed by atoms with Crippen molar-refractivity contribution in [3.05, 3.63) is 0 Å². The van der Waals surface area contributed by atoms with E-state index in [4.69, 9.17) is 19.6 Å². The van der Waals surface area contributed by atoms with Crippen LogP contribution < -0.4 is 0 Å². The number of carbonyl (C=O) groups is 1. The molecule has 0 aromatic carbocycles. The Morgan fingerprint density at radius 2 is 1.13 bits per heavy atom. The van der Waals surface area contributed by atoms with E-state index >= 15 is 0 Å². The molecule has 0 saturated heterocycles. The lowest BCUT2D eigenvalue weighted by molar-refractivity contribution is -0.153. The molecule has 0 amide bonds. The number of unbranched alkanes of at least 4 members (excludes halogenated alkanes) is 16. The van der Waals surface area contributed by atoms with Gasteiger partial charge in [-0.3, -0.25) is 9.32 Å². The quantitative estimate of drug-likeness (QED) is 0.0955. The molecule has 0 spiro atoms. The molecule has 0 aromatic heterocycles. The van der Waals surface area contributed by atoms with Crippen molar-refractivity contribution in [2.24, 2.45) is 0 Å². The molecule has 186 valence electrons. The maximum Gasteiger partial charge on any atom is 0.469 e. The molecular formula is C23H47O7P. The van der Waals surface area contributed by atoms with E-state index in [-0.39, 0.29) is 6.42 Å². The molecule has 3 N–H and O–H groups in total. The van der Waals surface area contributed by atoms with Crippen LogP contribution in [-0.4, -0.2) is 40.2 Å². The van der Waals surface area contributed by atoms with Crippen LogP contribution in [0.25, 0.3) is 0 Å². The van der Waals surface area contributed by atoms with E-state index in [1.165, 1.54) is 89.9 Å². The Balaban J connectivity index is 3.36. The van der Waals surface area contributed by atoms with Gasteiger partial charge < -0.3 is 19.6 Å². The minimum absolute atomic E-state index is 0.241. The summed E-state index contributed by atoms with van der Waals surface area (Å²) in [4.78, 5) is 29.0. The van der Waals surface area contributed by atoms with Gasteiger partial charge >= 0.3 is 13.8 Å². The first-order valence-corrected chi connectivity index (χ1v) is 13.9. The summed E-state index contributed by atoms with van der Waals surface area (Å²) in [7, 11) is -4.63. The molecule has 8 heteroatoms. The predicted molar refractivity (Wildman–Crippen MR) is 124 cm³/mol. The maximum atomic E-state index is 11.7. The van der Waals surface area contributed by atoms with Crippen molar-refractivity contribution >= 4 is 13.8 Å². The van der Waals surface area contributed by atoms with Crippen LogP contribution in [0.1, 0.15) is 122 Å². The van der Waals surface area contributed by atoms with Crippen molar-refractivity contribution in [1.29, 1.82) is 0 Å². The van der Waals surface area contributed by atoms with Crippen molar-refractivity contribution in [2.45, 2.75) is 129 Å². The smallest absolute Gasteiger partial charge is 0.457 e. The summed E-state index contributed by atoms with van der Waals surface area (Å²) in [6, 6.07) is 0. The third-order valence-electron chi connectivity index (χ3n) is 5.41. The zero-order chi connectivity index (χ0) is 23.2. The topological polar surface area (TPSA) is 113 Å². The largest absolute Gasteiger partial charge is 0.469 e. The Morgan fingerprint density at radius 1 is 0.742 bits per heavy atom. The van der Waals surface area contributed by atoms with Gasteiger partial charge in [0.15, 0.2) is 0 Å². The Hall–Kier alpha value is -0.460. The van der Waals surface area contributed by atoms with Gasteiger partial charge in [0.2, 0.25) is 0 Å². The number of hydrogen-bond donors (Lipinski definition) is 3. The van der Waals surface area contributed by atoms with Crippen LogP contribution in [0.15, 0.2) is 0 Å². The fraction of sp³-hybridized carbons (Fsp3) is 0.957. The first-order valence-electron chi connectivity index (χ1n) is 12.4. The molecule has 31 heavy (non-hydrogen) atoms. The molecule has 0 saturated carbocycles. The van der Waals surface area contributed by atoms with Crippen LogP contribution in [-0.2, 0) is 18.6 Å². The average molecular weight is 467 g/mol. The van der Waals surface area contributed by atoms with Gasteiger partial charge in [0, 0.05) is 6.42 Å². The molecule has 0 bridgehead atoms. The Morgan fingerprint density at radius 3 is 1.48 bits per heavy atom. The van der Waals surface area contributed by atoms with Gasteiger partial charge in [0.05, 0.1) is 13.2 Å². The monoisotopic (exact) mass is 466 g/mol. The summed E-state index contributed by atoms with van der Waals surface area (Å²) in [5, 5.41) is 9.08. The standard InChI is InChI=1S/C23H47O7P/c1-2-3-4-5-6-7-8-9-10-11-12-13-14-15-16-17-18-19-23(25)30-22(20-24)21-29-31(26,27)28/h22,24H,2-21H2,1H3,(H2,26,27,28). The van der Waals surface area contributed by atoms with E-state index in [0.29, 0.717) is 0 Å². The lowest BCUT2D eigenvalue weighted by atomic mass is 10.0. The fourth-order valence-electron chi connectivity index (χ4n) is 3.54. The summed E-state index contributed by atoms with van der Waals surface area (Å²) in [5.41, 5.74) is 0. The van der Waals surface area contributed by atoms with Crippen LogP contribution in [0.2, 0.25) is 0 Å². The molecule has 0 heterocycles. The summed E-state index contributed by atoms with van der Waals surface area (Å²) in [6.07, 6.45) is 20.8. The number of aliphatic hydroxyl groups excluding tert-OH is 1. The van der Waals surface area contributed by atoms with Crippen LogP contribution in [0.3, 0.4) is 0 Å². The molecule has 0 aliphatic heterocycles. The van der Waals surface area contributed by atoms with Crippen molar-refractivity contribution in [3.63, 3.8) is 0 Å². The van der Waals surface area contributed by atoms with Gasteiger partial charge in [-0.25, -0.2) is 4.57 Å². The van der Waals surface area contributed by atoms with E-state index in [1.54, 1.807) is 0 Å². The zero-order valence-corrected chi connectivity index (χ0v) is 20.5. The second-order valence-electron chi connectivity index (χ2n) is 8.49. The van der Waals surface area contributed by atoms with Crippen molar-refractivity contribution in [3.8, 4) is 0 Å². The molecule has 0 radical (unpaired) electrons. The Labute approximate surface area is 189 Å². The molecule has 1 unspecified atom stereocenters. The van der Waals surface area contributed by atoms with Crippen LogP contribution in [0.4, 0.5) is 0 Å². The summed E-state index contributed by atoms with van der Waals surface area (Å²) >= 11 is 0. The van der Waals surface area contributed by atoms with Gasteiger partial charge in [-0.2, -0.15) is 0 Å². The highest BCUT2D eigenvalue weighted by atomic mass is 31.2. The highest BCUT2D eigenvalue weighted by Crippen LogP contribution is 2.35. The first kappa shape index (κ1) is 30.5. The maximum absolute atomic E-state index is 11.7. The number of phosphoric acid groups is 1. The van der Waals surface area contributed by atoms with Gasteiger partial charge in [0.1, 0.15) is 6.10 Å². The SMILES string of the molecule is CCCCCCCCCCCCCCCCCCCC(=O)OC(CO)COP(=O)(O)O. The first-order chi connectivity index (χ1) is 14.9. The zero-order valence-electron chi connectivity index (χ0n) is 19.6. The minimum Gasteiger partial charge on any atom is -0.457 e. The molecule has 0 fully saturated rings. The molecule has 0 aliphatic carbocycles. The average Bonchev–Trinajstić information content (AvgIpc) is 2.72. The minimum atomic E-state index is -4.63. The third-order valence-corrected chi connectivity index (χ3v) is 5.90. The molecule has 0 rings (SSSR count). The van der Waals surface area contributed by atoms with E-state index in [1.807, 2.05) is 0 Å². The molecular weight excluding hydrogens is 419 g/mol.